The van der Waals surface area contributed by atoms with Gasteiger partial charge in [0.2, 0.25) is 5.91 Å². The molecule has 0 bridgehead atoms. The van der Waals surface area contributed by atoms with Crippen molar-refractivity contribution in [2.75, 3.05) is 39.4 Å². The lowest BCUT2D eigenvalue weighted by atomic mass is 10.2. The molecule has 2 N–H and O–H groups in total. The molecule has 1 fully saturated rings. The van der Waals surface area contributed by atoms with E-state index in [-0.39, 0.29) is 33.4 Å². The number of aromatic nitrogens is 2. The molecule has 0 spiro atoms. The van der Waals surface area contributed by atoms with E-state index in [9.17, 15) is 14.4 Å². The molecule has 27 heavy (non-hydrogen) atoms. The van der Waals surface area contributed by atoms with E-state index in [2.05, 4.69) is 15.2 Å². The van der Waals surface area contributed by atoms with Gasteiger partial charge in [0.15, 0.2) is 0 Å². The third-order valence-electron chi connectivity index (χ3n) is 4.40. The summed E-state index contributed by atoms with van der Waals surface area (Å²) in [5, 5.41) is 3.32. The molecule has 3 rings (SSSR count). The maximum Gasteiger partial charge on any atom is 0.329 e. The van der Waals surface area contributed by atoms with E-state index in [1.807, 2.05) is 0 Å². The van der Waals surface area contributed by atoms with Crippen LogP contribution in [0, 0.1) is 0 Å². The SMILES string of the molecule is O=C(Cn1c(=O)[nH]c(=O)c2c(Cl)cc(Cl)cc21)NCCCN1CCOCC1. The quantitative estimate of drug-likeness (QED) is 0.682. The van der Waals surface area contributed by atoms with Gasteiger partial charge in [-0.2, -0.15) is 0 Å². The molecule has 0 unspecified atom stereocenters. The Bertz CT molecular complexity index is 950. The largest absolute Gasteiger partial charge is 0.379 e. The Hall–Kier alpha value is -1.87. The van der Waals surface area contributed by atoms with Crippen LogP contribution in [0.2, 0.25) is 10.0 Å². The van der Waals surface area contributed by atoms with Crippen molar-refractivity contribution in [3.63, 3.8) is 0 Å². The van der Waals surface area contributed by atoms with Crippen LogP contribution >= 0.6 is 23.2 Å². The van der Waals surface area contributed by atoms with Crippen molar-refractivity contribution in [1.29, 1.82) is 0 Å². The molecule has 1 aromatic heterocycles. The van der Waals surface area contributed by atoms with Crippen LogP contribution in [0.5, 0.6) is 0 Å². The summed E-state index contributed by atoms with van der Waals surface area (Å²) in [6, 6.07) is 2.87. The van der Waals surface area contributed by atoms with Crippen molar-refractivity contribution < 1.29 is 9.53 Å². The Labute approximate surface area is 165 Å². The highest BCUT2D eigenvalue weighted by Gasteiger charge is 2.15. The smallest absolute Gasteiger partial charge is 0.329 e. The summed E-state index contributed by atoms with van der Waals surface area (Å²) < 4.78 is 6.45. The number of carbonyl (C=O) groups is 1. The van der Waals surface area contributed by atoms with Gasteiger partial charge in [0.1, 0.15) is 6.54 Å². The van der Waals surface area contributed by atoms with E-state index < -0.39 is 11.2 Å². The number of aromatic amines is 1. The number of ether oxygens (including phenoxy) is 1. The van der Waals surface area contributed by atoms with Crippen LogP contribution in [0.15, 0.2) is 21.7 Å². The van der Waals surface area contributed by atoms with Crippen LogP contribution in [0.4, 0.5) is 0 Å². The summed E-state index contributed by atoms with van der Waals surface area (Å²) in [5.41, 5.74) is -1.07. The fourth-order valence-corrected chi connectivity index (χ4v) is 3.61. The minimum atomic E-state index is -0.686. The molecule has 1 aromatic carbocycles. The van der Waals surface area contributed by atoms with Crippen molar-refractivity contribution in [3.05, 3.63) is 43.0 Å². The van der Waals surface area contributed by atoms with E-state index in [1.165, 1.54) is 12.1 Å². The maximum absolute atomic E-state index is 12.3. The van der Waals surface area contributed by atoms with E-state index in [4.69, 9.17) is 27.9 Å². The molecule has 2 heterocycles. The Balaban J connectivity index is 1.66. The Morgan fingerprint density at radius 3 is 2.70 bits per heavy atom. The van der Waals surface area contributed by atoms with Gasteiger partial charge in [0.25, 0.3) is 5.56 Å². The molecule has 8 nitrogen and oxygen atoms in total. The number of nitrogens with zero attached hydrogens (tertiary/aromatic N) is 2. The molecule has 1 amide bonds. The summed E-state index contributed by atoms with van der Waals surface area (Å²) in [5.74, 6) is -0.330. The van der Waals surface area contributed by atoms with Gasteiger partial charge in [0.05, 0.1) is 29.1 Å². The normalized spacial score (nSPS) is 15.2. The number of hydrogen-bond donors (Lipinski definition) is 2. The summed E-state index contributed by atoms with van der Waals surface area (Å²) in [6.07, 6.45) is 0.796. The van der Waals surface area contributed by atoms with Gasteiger partial charge >= 0.3 is 5.69 Å². The van der Waals surface area contributed by atoms with Gasteiger partial charge in [-0.3, -0.25) is 24.0 Å². The van der Waals surface area contributed by atoms with Crippen LogP contribution in [0.25, 0.3) is 10.9 Å². The number of hydrogen-bond acceptors (Lipinski definition) is 5. The molecule has 0 saturated carbocycles. The Morgan fingerprint density at radius 1 is 1.22 bits per heavy atom. The number of halogens is 2. The van der Waals surface area contributed by atoms with E-state index in [0.717, 1.165) is 43.8 Å². The average molecular weight is 415 g/mol. The second-order valence-corrected chi connectivity index (χ2v) is 7.13. The third-order valence-corrected chi connectivity index (χ3v) is 4.91. The van der Waals surface area contributed by atoms with Crippen molar-refractivity contribution in [1.82, 2.24) is 19.8 Å². The number of carbonyl (C=O) groups excluding carboxylic acids is 1. The molecule has 2 aromatic rings. The molecule has 1 aliphatic heterocycles. The molecule has 1 aliphatic rings. The number of amides is 1. The fraction of sp³-hybridized carbons (Fsp3) is 0.471. The summed E-state index contributed by atoms with van der Waals surface area (Å²) in [6.45, 7) is 4.40. The molecule has 0 aliphatic carbocycles. The number of rotatable bonds is 6. The van der Waals surface area contributed by atoms with Crippen LogP contribution in [-0.2, 0) is 16.1 Å². The molecule has 146 valence electrons. The summed E-state index contributed by atoms with van der Waals surface area (Å²) >= 11 is 12.1. The number of nitrogens with one attached hydrogen (secondary N) is 2. The van der Waals surface area contributed by atoms with Gasteiger partial charge in [-0.1, -0.05) is 23.2 Å². The topological polar surface area (TPSA) is 96.4 Å². The van der Waals surface area contributed by atoms with Crippen molar-refractivity contribution >= 4 is 40.0 Å². The first-order chi connectivity index (χ1) is 13.0. The van der Waals surface area contributed by atoms with Gasteiger partial charge < -0.3 is 10.1 Å². The van der Waals surface area contributed by atoms with E-state index in [1.54, 1.807) is 0 Å². The van der Waals surface area contributed by atoms with E-state index in [0.29, 0.717) is 6.54 Å². The lowest BCUT2D eigenvalue weighted by Gasteiger charge is -2.26. The summed E-state index contributed by atoms with van der Waals surface area (Å²) in [4.78, 5) is 40.9. The molecular weight excluding hydrogens is 395 g/mol. The zero-order chi connectivity index (χ0) is 19.4. The van der Waals surface area contributed by atoms with Crippen LogP contribution in [0.1, 0.15) is 6.42 Å². The van der Waals surface area contributed by atoms with Crippen LogP contribution in [0.3, 0.4) is 0 Å². The molecular formula is C17H20Cl2N4O4. The molecule has 0 radical (unpaired) electrons. The highest BCUT2D eigenvalue weighted by Crippen LogP contribution is 2.24. The second-order valence-electron chi connectivity index (χ2n) is 6.28. The fourth-order valence-electron chi connectivity index (χ4n) is 3.05. The van der Waals surface area contributed by atoms with Gasteiger partial charge in [-0.15, -0.1) is 0 Å². The third kappa shape index (κ3) is 4.90. The van der Waals surface area contributed by atoms with E-state index >= 15 is 0 Å². The maximum atomic E-state index is 12.3. The lowest BCUT2D eigenvalue weighted by molar-refractivity contribution is -0.121. The first kappa shape index (κ1) is 19.9. The minimum Gasteiger partial charge on any atom is -0.379 e. The highest BCUT2D eigenvalue weighted by atomic mass is 35.5. The first-order valence-electron chi connectivity index (χ1n) is 8.64. The summed E-state index contributed by atoms with van der Waals surface area (Å²) in [7, 11) is 0. The predicted molar refractivity (Wildman–Crippen MR) is 104 cm³/mol. The van der Waals surface area contributed by atoms with Crippen LogP contribution in [-0.4, -0.2) is 59.8 Å². The zero-order valence-electron chi connectivity index (χ0n) is 14.6. The minimum absolute atomic E-state index is 0.124. The monoisotopic (exact) mass is 414 g/mol. The highest BCUT2D eigenvalue weighted by molar-refractivity contribution is 6.38. The number of morpholine rings is 1. The lowest BCUT2D eigenvalue weighted by Crippen LogP contribution is -2.39. The zero-order valence-corrected chi connectivity index (χ0v) is 16.1. The number of H-pyrrole nitrogens is 1. The number of fused-ring (bicyclic) bond motifs is 1. The molecule has 1 saturated heterocycles. The van der Waals surface area contributed by atoms with Crippen LogP contribution < -0.4 is 16.6 Å². The second kappa shape index (κ2) is 8.88. The average Bonchev–Trinajstić information content (AvgIpc) is 2.62. The number of benzene rings is 1. The molecule has 0 atom stereocenters. The van der Waals surface area contributed by atoms with Crippen molar-refractivity contribution in [3.8, 4) is 0 Å². The first-order valence-corrected chi connectivity index (χ1v) is 9.40. The van der Waals surface area contributed by atoms with Gasteiger partial charge in [-0.25, -0.2) is 4.79 Å². The Kier molecular flexibility index (Phi) is 6.54. The van der Waals surface area contributed by atoms with Gasteiger partial charge in [-0.05, 0) is 25.1 Å². The van der Waals surface area contributed by atoms with Crippen molar-refractivity contribution in [2.24, 2.45) is 0 Å². The van der Waals surface area contributed by atoms with Gasteiger partial charge in [0, 0.05) is 24.7 Å². The Morgan fingerprint density at radius 2 is 1.96 bits per heavy atom. The van der Waals surface area contributed by atoms with Crippen molar-refractivity contribution in [2.45, 2.75) is 13.0 Å². The molecule has 10 heteroatoms. The predicted octanol–water partition coefficient (Wildman–Crippen LogP) is 0.835. The standard InChI is InChI=1S/C17H20Cl2N4O4/c18-11-8-12(19)15-13(9-11)23(17(26)21-16(15)25)10-14(24)20-2-1-3-22-4-6-27-7-5-22/h8-9H,1-7,10H2,(H,20,24)(H,21,25,26).